The van der Waals surface area contributed by atoms with Crippen molar-refractivity contribution < 1.29 is 4.79 Å². The molecular weight excluding hydrogens is 452 g/mol. The maximum atomic E-state index is 12.9. The second-order valence-corrected chi connectivity index (χ2v) is 10.7. The number of fused-ring (bicyclic) bond motifs is 1. The summed E-state index contributed by atoms with van der Waals surface area (Å²) in [4.78, 5) is 24.2. The van der Waals surface area contributed by atoms with E-state index in [1.165, 1.54) is 0 Å². The number of nitrogens with zero attached hydrogens (tertiary/aromatic N) is 5. The highest BCUT2D eigenvalue weighted by atomic mass is 32.2. The second kappa shape index (κ2) is 9.54. The van der Waals surface area contributed by atoms with E-state index in [1.54, 1.807) is 41.6 Å². The number of hydrogen-bond donors (Lipinski definition) is 1. The number of piperidine rings is 1. The monoisotopic (exact) mass is 476 g/mol. The molecule has 5 rings (SSSR count). The lowest BCUT2D eigenvalue weighted by Crippen LogP contribution is -2.31. The third-order valence-corrected chi connectivity index (χ3v) is 7.84. The summed E-state index contributed by atoms with van der Waals surface area (Å²) in [5.74, 6) is 0.324. The van der Waals surface area contributed by atoms with Gasteiger partial charge in [0.25, 0.3) is 5.91 Å². The lowest BCUT2D eigenvalue weighted by atomic mass is 10.1. The van der Waals surface area contributed by atoms with Gasteiger partial charge in [-0.2, -0.15) is 0 Å². The van der Waals surface area contributed by atoms with Crippen LogP contribution in [0.4, 0.5) is 5.82 Å². The number of aromatic nitrogens is 4. The van der Waals surface area contributed by atoms with Crippen molar-refractivity contribution in [2.45, 2.75) is 30.0 Å². The second-order valence-electron chi connectivity index (χ2n) is 8.22. The molecule has 0 spiro atoms. The van der Waals surface area contributed by atoms with Crippen LogP contribution in [-0.2, 0) is 0 Å². The Balaban J connectivity index is 1.31. The number of rotatable bonds is 5. The van der Waals surface area contributed by atoms with Crippen LogP contribution in [0.2, 0.25) is 0 Å². The van der Waals surface area contributed by atoms with Crippen molar-refractivity contribution in [2.75, 3.05) is 25.5 Å². The summed E-state index contributed by atoms with van der Waals surface area (Å²) in [6, 6.07) is 11.6. The largest absolute Gasteiger partial charge is 0.307 e. The summed E-state index contributed by atoms with van der Waals surface area (Å²) in [6.07, 6.45) is 5.75. The van der Waals surface area contributed by atoms with E-state index in [4.69, 9.17) is 0 Å². The number of benzene rings is 1. The molecule has 4 aromatic rings. The number of amides is 1. The molecule has 0 aliphatic carbocycles. The van der Waals surface area contributed by atoms with Gasteiger partial charge in [-0.05, 0) is 69.6 Å². The molecule has 0 bridgehead atoms. The van der Waals surface area contributed by atoms with Crippen molar-refractivity contribution in [1.29, 1.82) is 0 Å². The fourth-order valence-corrected chi connectivity index (χ4v) is 5.63. The molecule has 0 saturated carbocycles. The van der Waals surface area contributed by atoms with Gasteiger partial charge in [-0.3, -0.25) is 4.79 Å². The Morgan fingerprint density at radius 1 is 1.09 bits per heavy atom. The maximum absolute atomic E-state index is 12.9. The lowest BCUT2D eigenvalue weighted by Gasteiger charge is -2.28. The highest BCUT2D eigenvalue weighted by molar-refractivity contribution is 7.99. The first-order valence-electron chi connectivity index (χ1n) is 10.9. The molecule has 1 aliphatic heterocycles. The quantitative estimate of drug-likeness (QED) is 0.439. The third-order valence-electron chi connectivity index (χ3n) is 5.69. The van der Waals surface area contributed by atoms with Crippen LogP contribution in [0.15, 0.2) is 53.8 Å². The first-order valence-corrected chi connectivity index (χ1v) is 12.6. The maximum Gasteiger partial charge on any atom is 0.256 e. The molecule has 7 nitrogen and oxygen atoms in total. The molecule has 4 heterocycles. The van der Waals surface area contributed by atoms with Gasteiger partial charge in [0.2, 0.25) is 0 Å². The number of anilines is 1. The molecule has 0 unspecified atom stereocenters. The minimum atomic E-state index is -0.189. The van der Waals surface area contributed by atoms with E-state index in [2.05, 4.69) is 43.5 Å². The Morgan fingerprint density at radius 2 is 1.94 bits per heavy atom. The van der Waals surface area contributed by atoms with Crippen LogP contribution in [0.1, 0.15) is 28.2 Å². The van der Waals surface area contributed by atoms with Gasteiger partial charge in [-0.1, -0.05) is 23.5 Å². The number of thioether (sulfide) groups is 1. The first-order chi connectivity index (χ1) is 16.0. The highest BCUT2D eigenvalue weighted by Gasteiger charge is 2.19. The number of carbonyl (C=O) groups excluding carboxylic acids is 1. The SMILES string of the molecule is Cc1nnc(-c2ccc3cnc(NC(=O)c4ccnc(SC5CCN(C)CC5)c4)cc3c2)s1. The number of nitrogens with one attached hydrogen (secondary N) is 1. The van der Waals surface area contributed by atoms with E-state index in [-0.39, 0.29) is 5.91 Å². The number of aryl methyl sites for hydroxylation is 1. The topological polar surface area (TPSA) is 83.9 Å². The molecule has 33 heavy (non-hydrogen) atoms. The van der Waals surface area contributed by atoms with E-state index in [1.807, 2.05) is 31.2 Å². The molecule has 0 radical (unpaired) electrons. The minimum Gasteiger partial charge on any atom is -0.307 e. The predicted molar refractivity (Wildman–Crippen MR) is 134 cm³/mol. The predicted octanol–water partition coefficient (Wildman–Crippen LogP) is 4.90. The van der Waals surface area contributed by atoms with Crippen LogP contribution in [0, 0.1) is 6.92 Å². The van der Waals surface area contributed by atoms with E-state index >= 15 is 0 Å². The van der Waals surface area contributed by atoms with E-state index in [9.17, 15) is 4.79 Å². The van der Waals surface area contributed by atoms with Crippen LogP contribution in [0.3, 0.4) is 0 Å². The molecule has 168 valence electrons. The van der Waals surface area contributed by atoms with Gasteiger partial charge >= 0.3 is 0 Å². The van der Waals surface area contributed by atoms with Gasteiger partial charge in [0.15, 0.2) is 0 Å². The summed E-state index contributed by atoms with van der Waals surface area (Å²) in [6.45, 7) is 4.15. The summed E-state index contributed by atoms with van der Waals surface area (Å²) in [7, 11) is 2.16. The zero-order valence-corrected chi connectivity index (χ0v) is 20.1. The first kappa shape index (κ1) is 21.9. The molecule has 1 aliphatic rings. The summed E-state index contributed by atoms with van der Waals surface area (Å²) < 4.78 is 0. The van der Waals surface area contributed by atoms with Gasteiger partial charge in [0.05, 0.1) is 5.03 Å². The van der Waals surface area contributed by atoms with E-state index < -0.39 is 0 Å². The molecule has 0 atom stereocenters. The van der Waals surface area contributed by atoms with Gasteiger partial charge in [0.1, 0.15) is 15.8 Å². The number of hydrogen-bond acceptors (Lipinski definition) is 8. The molecule has 1 N–H and O–H groups in total. The molecule has 3 aromatic heterocycles. The van der Waals surface area contributed by atoms with Crippen LogP contribution in [-0.4, -0.2) is 56.4 Å². The Morgan fingerprint density at radius 3 is 2.73 bits per heavy atom. The molecule has 1 amide bonds. The Bertz CT molecular complexity index is 1300. The van der Waals surface area contributed by atoms with Crippen LogP contribution in [0.25, 0.3) is 21.3 Å². The third kappa shape index (κ3) is 5.21. The molecule has 9 heteroatoms. The average molecular weight is 477 g/mol. The number of carbonyl (C=O) groups is 1. The van der Waals surface area contributed by atoms with Crippen molar-refractivity contribution >= 4 is 45.6 Å². The normalized spacial score (nSPS) is 15.1. The summed E-state index contributed by atoms with van der Waals surface area (Å²) >= 11 is 3.32. The Kier molecular flexibility index (Phi) is 6.34. The average Bonchev–Trinajstić information content (AvgIpc) is 3.26. The number of pyridine rings is 2. The molecule has 1 fully saturated rings. The van der Waals surface area contributed by atoms with Gasteiger partial charge < -0.3 is 10.2 Å². The molecular formula is C24H24N6OS2. The van der Waals surface area contributed by atoms with E-state index in [0.29, 0.717) is 16.6 Å². The molecule has 1 aromatic carbocycles. The van der Waals surface area contributed by atoms with Crippen molar-refractivity contribution in [1.82, 2.24) is 25.1 Å². The van der Waals surface area contributed by atoms with Gasteiger partial charge in [0, 0.05) is 34.2 Å². The number of likely N-dealkylation sites (tertiary alicyclic amines) is 1. The Hall–Kier alpha value is -2.88. The zero-order chi connectivity index (χ0) is 22.8. The fraction of sp³-hybridized carbons (Fsp3) is 0.292. The van der Waals surface area contributed by atoms with Gasteiger partial charge in [-0.25, -0.2) is 9.97 Å². The van der Waals surface area contributed by atoms with Gasteiger partial charge in [-0.15, -0.1) is 22.0 Å². The Labute approximate surface area is 200 Å². The van der Waals surface area contributed by atoms with E-state index in [0.717, 1.165) is 57.3 Å². The summed E-state index contributed by atoms with van der Waals surface area (Å²) in [5, 5.41) is 16.5. The van der Waals surface area contributed by atoms with Crippen molar-refractivity contribution in [3.8, 4) is 10.6 Å². The summed E-state index contributed by atoms with van der Waals surface area (Å²) in [5.41, 5.74) is 1.58. The van der Waals surface area contributed by atoms with Crippen molar-refractivity contribution in [3.05, 3.63) is 59.4 Å². The van der Waals surface area contributed by atoms with Crippen LogP contribution in [0.5, 0.6) is 0 Å². The fourth-order valence-electron chi connectivity index (χ4n) is 3.83. The molecule has 1 saturated heterocycles. The minimum absolute atomic E-state index is 0.189. The van der Waals surface area contributed by atoms with Crippen molar-refractivity contribution in [2.24, 2.45) is 0 Å². The van der Waals surface area contributed by atoms with Crippen molar-refractivity contribution in [3.63, 3.8) is 0 Å². The highest BCUT2D eigenvalue weighted by Crippen LogP contribution is 2.30. The smallest absolute Gasteiger partial charge is 0.256 e. The van der Waals surface area contributed by atoms with Crippen LogP contribution < -0.4 is 5.32 Å². The standard InChI is InChI=1S/C24H24N6OS2/c1-15-28-29-24(32-15)17-3-4-18-14-26-21(12-19(18)11-17)27-23(31)16-5-8-25-22(13-16)33-20-6-9-30(2)10-7-20/h3-5,8,11-14,20H,6-7,9-10H2,1-2H3,(H,26,27,31). The lowest BCUT2D eigenvalue weighted by molar-refractivity contribution is 0.102. The zero-order valence-electron chi connectivity index (χ0n) is 18.5. The van der Waals surface area contributed by atoms with Crippen LogP contribution >= 0.6 is 23.1 Å².